The summed E-state index contributed by atoms with van der Waals surface area (Å²) in [6.45, 7) is 3.13. The standard InChI is InChI=1S/C17H19ClO3/c1-13-12-14(8-9-15(13)18)20-10-5-11-21-17-7-4-3-6-16(17)19-2/h3-4,6-9,12H,5,10-11H2,1-2H3. The Morgan fingerprint density at radius 2 is 1.67 bits per heavy atom. The number of methoxy groups -OCH3 is 1. The Morgan fingerprint density at radius 3 is 2.38 bits per heavy atom. The van der Waals surface area contributed by atoms with Gasteiger partial charge in [0.15, 0.2) is 11.5 Å². The maximum atomic E-state index is 5.97. The van der Waals surface area contributed by atoms with Crippen LogP contribution in [0.25, 0.3) is 0 Å². The SMILES string of the molecule is COc1ccccc1OCCCOc1ccc(Cl)c(C)c1. The van der Waals surface area contributed by atoms with Crippen molar-refractivity contribution in [1.29, 1.82) is 0 Å². The number of ether oxygens (including phenoxy) is 3. The molecule has 21 heavy (non-hydrogen) atoms. The van der Waals surface area contributed by atoms with Crippen LogP contribution < -0.4 is 14.2 Å². The Balaban J connectivity index is 1.73. The lowest BCUT2D eigenvalue weighted by atomic mass is 10.2. The molecular formula is C17H19ClO3. The second-order valence-corrected chi connectivity index (χ2v) is 5.02. The largest absolute Gasteiger partial charge is 0.493 e. The Hall–Kier alpha value is -1.87. The van der Waals surface area contributed by atoms with E-state index in [1.165, 1.54) is 0 Å². The van der Waals surface area contributed by atoms with Crippen LogP contribution in [0.15, 0.2) is 42.5 Å². The number of rotatable bonds is 7. The topological polar surface area (TPSA) is 27.7 Å². The minimum Gasteiger partial charge on any atom is -0.493 e. The maximum Gasteiger partial charge on any atom is 0.161 e. The van der Waals surface area contributed by atoms with E-state index in [0.717, 1.165) is 34.3 Å². The molecule has 0 fully saturated rings. The van der Waals surface area contributed by atoms with Crippen molar-refractivity contribution in [3.63, 3.8) is 0 Å². The fraction of sp³-hybridized carbons (Fsp3) is 0.294. The van der Waals surface area contributed by atoms with Gasteiger partial charge in [0.25, 0.3) is 0 Å². The molecule has 0 radical (unpaired) electrons. The van der Waals surface area contributed by atoms with E-state index < -0.39 is 0 Å². The highest BCUT2D eigenvalue weighted by atomic mass is 35.5. The quantitative estimate of drug-likeness (QED) is 0.705. The van der Waals surface area contributed by atoms with Crippen LogP contribution in [-0.4, -0.2) is 20.3 Å². The van der Waals surface area contributed by atoms with E-state index in [1.54, 1.807) is 7.11 Å². The number of benzene rings is 2. The highest BCUT2D eigenvalue weighted by Gasteiger charge is 2.02. The first kappa shape index (κ1) is 15.5. The van der Waals surface area contributed by atoms with E-state index in [-0.39, 0.29) is 0 Å². The summed E-state index contributed by atoms with van der Waals surface area (Å²) in [6.07, 6.45) is 0.791. The molecule has 0 saturated heterocycles. The summed E-state index contributed by atoms with van der Waals surface area (Å²) in [5, 5.41) is 0.752. The molecule has 0 heterocycles. The molecule has 4 heteroatoms. The minimum absolute atomic E-state index is 0.576. The molecule has 0 amide bonds. The first-order valence-electron chi connectivity index (χ1n) is 6.85. The van der Waals surface area contributed by atoms with Gasteiger partial charge in [0.1, 0.15) is 5.75 Å². The molecule has 0 atom stereocenters. The molecule has 2 rings (SSSR count). The molecule has 0 aliphatic rings. The lowest BCUT2D eigenvalue weighted by Gasteiger charge is -2.11. The van der Waals surface area contributed by atoms with Gasteiger partial charge in [-0.3, -0.25) is 0 Å². The average molecular weight is 307 g/mol. The number of halogens is 1. The van der Waals surface area contributed by atoms with E-state index in [0.29, 0.717) is 13.2 Å². The van der Waals surface area contributed by atoms with Gasteiger partial charge in [-0.05, 0) is 42.8 Å². The van der Waals surface area contributed by atoms with Crippen molar-refractivity contribution in [2.45, 2.75) is 13.3 Å². The molecule has 0 aromatic heterocycles. The van der Waals surface area contributed by atoms with Gasteiger partial charge < -0.3 is 14.2 Å². The predicted molar refractivity (Wildman–Crippen MR) is 84.8 cm³/mol. The molecule has 112 valence electrons. The molecule has 0 bridgehead atoms. The second-order valence-electron chi connectivity index (χ2n) is 4.61. The third-order valence-electron chi connectivity index (χ3n) is 3.01. The van der Waals surface area contributed by atoms with Gasteiger partial charge in [-0.15, -0.1) is 0 Å². The molecule has 0 unspecified atom stereocenters. The van der Waals surface area contributed by atoms with Crippen molar-refractivity contribution in [2.24, 2.45) is 0 Å². The van der Waals surface area contributed by atoms with Crippen LogP contribution in [0.3, 0.4) is 0 Å². The monoisotopic (exact) mass is 306 g/mol. The second kappa shape index (κ2) is 7.79. The first-order valence-corrected chi connectivity index (χ1v) is 7.23. The van der Waals surface area contributed by atoms with Gasteiger partial charge in [0, 0.05) is 11.4 Å². The van der Waals surface area contributed by atoms with Crippen molar-refractivity contribution in [3.8, 4) is 17.2 Å². The van der Waals surface area contributed by atoms with Crippen LogP contribution >= 0.6 is 11.6 Å². The zero-order valence-electron chi connectivity index (χ0n) is 12.3. The van der Waals surface area contributed by atoms with Crippen molar-refractivity contribution < 1.29 is 14.2 Å². The van der Waals surface area contributed by atoms with E-state index in [9.17, 15) is 0 Å². The van der Waals surface area contributed by atoms with Crippen molar-refractivity contribution >= 4 is 11.6 Å². The summed E-state index contributed by atoms with van der Waals surface area (Å²) >= 11 is 5.97. The van der Waals surface area contributed by atoms with Crippen LogP contribution in [-0.2, 0) is 0 Å². The molecule has 0 saturated carbocycles. The lowest BCUT2D eigenvalue weighted by molar-refractivity contribution is 0.240. The molecule has 3 nitrogen and oxygen atoms in total. The number of aryl methyl sites for hydroxylation is 1. The first-order chi connectivity index (χ1) is 10.2. The van der Waals surface area contributed by atoms with Crippen LogP contribution in [0.2, 0.25) is 5.02 Å². The molecule has 2 aromatic carbocycles. The van der Waals surface area contributed by atoms with Crippen molar-refractivity contribution in [1.82, 2.24) is 0 Å². The van der Waals surface area contributed by atoms with Gasteiger partial charge in [0.2, 0.25) is 0 Å². The third kappa shape index (κ3) is 4.57. The number of para-hydroxylation sites is 2. The fourth-order valence-electron chi connectivity index (χ4n) is 1.88. The highest BCUT2D eigenvalue weighted by molar-refractivity contribution is 6.31. The van der Waals surface area contributed by atoms with Gasteiger partial charge in [-0.1, -0.05) is 23.7 Å². The summed E-state index contributed by atoms with van der Waals surface area (Å²) in [5.74, 6) is 2.32. The van der Waals surface area contributed by atoms with Gasteiger partial charge in [0.05, 0.1) is 20.3 Å². The molecule has 2 aromatic rings. The van der Waals surface area contributed by atoms with E-state index in [4.69, 9.17) is 25.8 Å². The van der Waals surface area contributed by atoms with Crippen molar-refractivity contribution in [3.05, 3.63) is 53.1 Å². The Bertz CT molecular complexity index is 584. The summed E-state index contributed by atoms with van der Waals surface area (Å²) in [5.41, 5.74) is 1.01. The number of hydrogen-bond donors (Lipinski definition) is 0. The molecule has 0 spiro atoms. The smallest absolute Gasteiger partial charge is 0.161 e. The van der Waals surface area contributed by atoms with E-state index in [2.05, 4.69) is 0 Å². The van der Waals surface area contributed by atoms with Gasteiger partial charge >= 0.3 is 0 Å². The summed E-state index contributed by atoms with van der Waals surface area (Å²) in [6, 6.07) is 13.3. The highest BCUT2D eigenvalue weighted by Crippen LogP contribution is 2.26. The minimum atomic E-state index is 0.576. The summed E-state index contributed by atoms with van der Waals surface area (Å²) in [7, 11) is 1.63. The summed E-state index contributed by atoms with van der Waals surface area (Å²) < 4.78 is 16.6. The Labute approximate surface area is 130 Å². The molecular weight excluding hydrogens is 288 g/mol. The Kier molecular flexibility index (Phi) is 5.76. The van der Waals surface area contributed by atoms with Crippen molar-refractivity contribution in [2.75, 3.05) is 20.3 Å². The van der Waals surface area contributed by atoms with Crippen LogP contribution in [0.4, 0.5) is 0 Å². The third-order valence-corrected chi connectivity index (χ3v) is 3.44. The number of hydrogen-bond acceptors (Lipinski definition) is 3. The van der Waals surface area contributed by atoms with Gasteiger partial charge in [-0.25, -0.2) is 0 Å². The molecule has 0 aliphatic carbocycles. The van der Waals surface area contributed by atoms with E-state index in [1.807, 2.05) is 49.4 Å². The van der Waals surface area contributed by atoms with Crippen LogP contribution in [0.1, 0.15) is 12.0 Å². The lowest BCUT2D eigenvalue weighted by Crippen LogP contribution is -2.05. The van der Waals surface area contributed by atoms with Crippen LogP contribution in [0.5, 0.6) is 17.2 Å². The average Bonchev–Trinajstić information content (AvgIpc) is 2.51. The van der Waals surface area contributed by atoms with E-state index >= 15 is 0 Å². The zero-order chi connectivity index (χ0) is 15.1. The molecule has 0 N–H and O–H groups in total. The fourth-order valence-corrected chi connectivity index (χ4v) is 1.99. The summed E-state index contributed by atoms with van der Waals surface area (Å²) in [4.78, 5) is 0. The normalized spacial score (nSPS) is 10.2. The zero-order valence-corrected chi connectivity index (χ0v) is 13.0. The van der Waals surface area contributed by atoms with Gasteiger partial charge in [-0.2, -0.15) is 0 Å². The Morgan fingerprint density at radius 1 is 0.952 bits per heavy atom. The predicted octanol–water partition coefficient (Wildman–Crippen LogP) is 4.50. The maximum absolute atomic E-state index is 5.97. The molecule has 0 aliphatic heterocycles. The van der Waals surface area contributed by atoms with Crippen LogP contribution in [0, 0.1) is 6.92 Å².